The summed E-state index contributed by atoms with van der Waals surface area (Å²) in [5.41, 5.74) is -5.39. The van der Waals surface area contributed by atoms with Crippen molar-refractivity contribution in [3.8, 4) is 11.4 Å². The molecular formula is C23H19F7N4O3. The molecule has 1 aliphatic heterocycles. The van der Waals surface area contributed by atoms with Crippen molar-refractivity contribution >= 4 is 11.8 Å². The largest absolute Gasteiger partial charge is 0.420 e. The average molecular weight is 532 g/mol. The van der Waals surface area contributed by atoms with E-state index in [1.165, 1.54) is 10.8 Å². The van der Waals surface area contributed by atoms with Gasteiger partial charge in [0.15, 0.2) is 5.75 Å². The predicted octanol–water partition coefficient (Wildman–Crippen LogP) is 4.99. The number of rotatable bonds is 4. The van der Waals surface area contributed by atoms with Crippen LogP contribution in [0.5, 0.6) is 5.75 Å². The van der Waals surface area contributed by atoms with E-state index in [1.807, 2.05) is 0 Å². The summed E-state index contributed by atoms with van der Waals surface area (Å²) in [6.07, 6.45) is -9.23. The van der Waals surface area contributed by atoms with Crippen molar-refractivity contribution in [1.82, 2.24) is 14.5 Å². The quantitative estimate of drug-likeness (QED) is 0.482. The van der Waals surface area contributed by atoms with Crippen molar-refractivity contribution in [2.45, 2.75) is 24.8 Å². The summed E-state index contributed by atoms with van der Waals surface area (Å²) >= 11 is 0. The fraction of sp³-hybridized carbons (Fsp3) is 0.304. The molecule has 1 saturated heterocycles. The molecule has 0 radical (unpaired) electrons. The number of ether oxygens (including phenoxy) is 1. The molecule has 0 saturated carbocycles. The van der Waals surface area contributed by atoms with Gasteiger partial charge in [-0.2, -0.15) is 26.3 Å². The van der Waals surface area contributed by atoms with E-state index >= 15 is 0 Å². The van der Waals surface area contributed by atoms with Gasteiger partial charge in [-0.25, -0.2) is 14.0 Å². The number of benzene rings is 2. The molecule has 1 atom stereocenters. The molecule has 14 heteroatoms. The average Bonchev–Trinajstić information content (AvgIpc) is 3.47. The normalized spacial score (nSPS) is 16.2. The lowest BCUT2D eigenvalue weighted by Gasteiger charge is -2.22. The molecule has 1 amide bonds. The Balaban J connectivity index is 1.87. The third-order valence-electron chi connectivity index (χ3n) is 5.87. The molecular weight excluding hydrogens is 513 g/mol. The SMILES string of the molecule is CN(C(=O)Oc1c(-n2ccn(C3CCNC3)c2=O)cc(C(F)(F)F)cc1C(F)(F)F)c1ccc(F)cc1. The molecule has 1 N–H and O–H groups in total. The summed E-state index contributed by atoms with van der Waals surface area (Å²) in [5, 5.41) is 3.01. The van der Waals surface area contributed by atoms with E-state index in [4.69, 9.17) is 4.74 Å². The van der Waals surface area contributed by atoms with E-state index in [1.54, 1.807) is 0 Å². The van der Waals surface area contributed by atoms with E-state index in [0.29, 0.717) is 30.1 Å². The summed E-state index contributed by atoms with van der Waals surface area (Å²) in [7, 11) is 1.11. The van der Waals surface area contributed by atoms with Crippen LogP contribution < -0.4 is 20.6 Å². The number of halogens is 7. The van der Waals surface area contributed by atoms with Crippen LogP contribution in [0.15, 0.2) is 53.6 Å². The van der Waals surface area contributed by atoms with Gasteiger partial charge in [0.1, 0.15) is 11.4 Å². The van der Waals surface area contributed by atoms with Crippen molar-refractivity contribution in [1.29, 1.82) is 0 Å². The second-order valence-electron chi connectivity index (χ2n) is 8.28. The van der Waals surface area contributed by atoms with Gasteiger partial charge in [-0.15, -0.1) is 0 Å². The van der Waals surface area contributed by atoms with Crippen molar-refractivity contribution in [2.24, 2.45) is 0 Å². The number of aromatic nitrogens is 2. The Morgan fingerprint density at radius 2 is 1.73 bits per heavy atom. The number of carbonyl (C=O) groups is 1. The summed E-state index contributed by atoms with van der Waals surface area (Å²) in [6, 6.07) is 4.04. The van der Waals surface area contributed by atoms with Crippen molar-refractivity contribution in [3.05, 3.63) is 76.2 Å². The highest BCUT2D eigenvalue weighted by molar-refractivity contribution is 5.89. The van der Waals surface area contributed by atoms with E-state index < -0.39 is 52.5 Å². The highest BCUT2D eigenvalue weighted by Gasteiger charge is 2.42. The molecule has 3 aromatic rings. The Bertz CT molecular complexity index is 1350. The first-order valence-corrected chi connectivity index (χ1v) is 10.8. The zero-order valence-corrected chi connectivity index (χ0v) is 19.0. The predicted molar refractivity (Wildman–Crippen MR) is 117 cm³/mol. The number of carbonyl (C=O) groups excluding carboxylic acids is 1. The molecule has 1 aliphatic rings. The topological polar surface area (TPSA) is 68.5 Å². The van der Waals surface area contributed by atoms with Gasteiger partial charge in [0.25, 0.3) is 0 Å². The van der Waals surface area contributed by atoms with Gasteiger partial charge in [0.2, 0.25) is 0 Å². The van der Waals surface area contributed by atoms with Gasteiger partial charge >= 0.3 is 24.1 Å². The van der Waals surface area contributed by atoms with Crippen LogP contribution in [0.3, 0.4) is 0 Å². The van der Waals surface area contributed by atoms with E-state index in [9.17, 15) is 40.3 Å². The molecule has 37 heavy (non-hydrogen) atoms. The molecule has 0 bridgehead atoms. The number of hydrogen-bond donors (Lipinski definition) is 1. The van der Waals surface area contributed by atoms with E-state index in [-0.39, 0.29) is 17.8 Å². The number of nitrogens with zero attached hydrogens (tertiary/aromatic N) is 3. The highest BCUT2D eigenvalue weighted by Crippen LogP contribution is 2.44. The first kappa shape index (κ1) is 26.3. The van der Waals surface area contributed by atoms with Crippen LogP contribution in [0.25, 0.3) is 5.69 Å². The molecule has 4 rings (SSSR count). The lowest BCUT2D eigenvalue weighted by Crippen LogP contribution is -2.32. The first-order valence-electron chi connectivity index (χ1n) is 10.8. The Kier molecular flexibility index (Phi) is 6.79. The molecule has 1 fully saturated rings. The van der Waals surface area contributed by atoms with Crippen LogP contribution >= 0.6 is 0 Å². The minimum absolute atomic E-state index is 0.0328. The van der Waals surface area contributed by atoms with Crippen LogP contribution in [0.2, 0.25) is 0 Å². The maximum absolute atomic E-state index is 14.0. The number of imidazole rings is 1. The standard InChI is InChI=1S/C23H19F7N4O3/c1-32(15-4-2-14(24)3-5-15)21(36)37-19-17(23(28,29)30)10-13(22(25,26)27)11-18(19)34-9-8-33(20(34)35)16-6-7-31-12-16/h2-5,8-11,16,31H,6-7,12H2,1H3. The summed E-state index contributed by atoms with van der Waals surface area (Å²) in [5.74, 6) is -1.93. The lowest BCUT2D eigenvalue weighted by molar-refractivity contribution is -0.143. The monoisotopic (exact) mass is 532 g/mol. The smallest absolute Gasteiger partial charge is 0.407 e. The number of anilines is 1. The van der Waals surface area contributed by atoms with Crippen LogP contribution in [0, 0.1) is 5.82 Å². The third-order valence-corrected chi connectivity index (χ3v) is 5.87. The molecule has 0 aliphatic carbocycles. The Morgan fingerprint density at radius 1 is 1.05 bits per heavy atom. The summed E-state index contributed by atoms with van der Waals surface area (Å²) in [4.78, 5) is 26.5. The second-order valence-corrected chi connectivity index (χ2v) is 8.28. The number of nitrogens with one attached hydrogen (secondary N) is 1. The van der Waals surface area contributed by atoms with Crippen molar-refractivity contribution in [2.75, 3.05) is 25.0 Å². The Labute approximate surface area is 204 Å². The van der Waals surface area contributed by atoms with Gasteiger partial charge in [-0.1, -0.05) is 0 Å². The van der Waals surface area contributed by atoms with Crippen molar-refractivity contribution in [3.63, 3.8) is 0 Å². The minimum atomic E-state index is -5.39. The second kappa shape index (κ2) is 9.57. The van der Waals surface area contributed by atoms with Gasteiger partial charge < -0.3 is 10.1 Å². The maximum Gasteiger partial charge on any atom is 0.420 e. The molecule has 1 aromatic heterocycles. The van der Waals surface area contributed by atoms with Crippen molar-refractivity contribution < 1.29 is 40.3 Å². The third kappa shape index (κ3) is 5.33. The van der Waals surface area contributed by atoms with Gasteiger partial charge in [0, 0.05) is 31.7 Å². The molecule has 0 spiro atoms. The fourth-order valence-corrected chi connectivity index (χ4v) is 3.93. The van der Waals surface area contributed by atoms with Crippen LogP contribution in [-0.2, 0) is 12.4 Å². The highest BCUT2D eigenvalue weighted by atomic mass is 19.4. The number of hydrogen-bond acceptors (Lipinski definition) is 4. The summed E-state index contributed by atoms with van der Waals surface area (Å²) in [6.45, 7) is 0.952. The zero-order valence-electron chi connectivity index (χ0n) is 19.0. The molecule has 1 unspecified atom stereocenters. The molecule has 7 nitrogen and oxygen atoms in total. The van der Waals surface area contributed by atoms with Crippen LogP contribution in [0.1, 0.15) is 23.6 Å². The molecule has 2 heterocycles. The van der Waals surface area contributed by atoms with E-state index in [0.717, 1.165) is 42.4 Å². The Morgan fingerprint density at radius 3 is 2.30 bits per heavy atom. The van der Waals surface area contributed by atoms with Gasteiger partial charge in [-0.05, 0) is 49.4 Å². The number of alkyl halides is 6. The Hall–Kier alpha value is -3.81. The zero-order chi connectivity index (χ0) is 27.1. The van der Waals surface area contributed by atoms with Crippen LogP contribution in [0.4, 0.5) is 41.2 Å². The molecule has 2 aromatic carbocycles. The van der Waals surface area contributed by atoms with Gasteiger partial charge in [0.05, 0.1) is 17.3 Å². The lowest BCUT2D eigenvalue weighted by atomic mass is 10.1. The number of amides is 1. The van der Waals surface area contributed by atoms with Crippen LogP contribution in [-0.4, -0.2) is 35.4 Å². The minimum Gasteiger partial charge on any atom is -0.407 e. The maximum atomic E-state index is 14.0. The molecule has 198 valence electrons. The van der Waals surface area contributed by atoms with Gasteiger partial charge in [-0.3, -0.25) is 14.0 Å². The first-order chi connectivity index (χ1) is 17.3. The summed E-state index contributed by atoms with van der Waals surface area (Å²) < 4.78 is 103. The van der Waals surface area contributed by atoms with E-state index in [2.05, 4.69) is 5.32 Å². The fourth-order valence-electron chi connectivity index (χ4n) is 3.93.